The first-order valence-electron chi connectivity index (χ1n) is 9.97. The van der Waals surface area contributed by atoms with Crippen molar-refractivity contribution in [2.75, 3.05) is 0 Å². The fraction of sp³-hybridized carbons (Fsp3) is 0.850. The molecule has 1 amide bonds. The summed E-state index contributed by atoms with van der Waals surface area (Å²) >= 11 is 0. The van der Waals surface area contributed by atoms with Crippen LogP contribution in [0.1, 0.15) is 103 Å². The van der Waals surface area contributed by atoms with Crippen LogP contribution in [0.15, 0.2) is 12.0 Å². The summed E-state index contributed by atoms with van der Waals surface area (Å²) in [5.74, 6) is -1.87. The van der Waals surface area contributed by atoms with E-state index in [2.05, 4.69) is 6.92 Å². The molecule has 4 N–H and O–H groups in total. The van der Waals surface area contributed by atoms with E-state index in [0.717, 1.165) is 18.9 Å². The van der Waals surface area contributed by atoms with Gasteiger partial charge in [-0.3, -0.25) is 4.79 Å². The summed E-state index contributed by atoms with van der Waals surface area (Å²) in [6.45, 7) is 2.26. The van der Waals surface area contributed by atoms with Gasteiger partial charge in [0.2, 0.25) is 5.91 Å². The molecule has 0 aliphatic carbocycles. The first kappa shape index (κ1) is 22.8. The monoisotopic (exact) mass is 341 g/mol. The second-order valence-corrected chi connectivity index (χ2v) is 6.92. The molecule has 4 nitrogen and oxygen atoms in total. The first-order valence-corrected chi connectivity index (χ1v) is 9.97. The number of hydrogen-bond donors (Lipinski definition) is 3. The van der Waals surface area contributed by atoms with Crippen molar-refractivity contribution >= 4 is 5.91 Å². The third-order valence-electron chi connectivity index (χ3n) is 4.58. The van der Waals surface area contributed by atoms with Crippen molar-refractivity contribution in [1.29, 1.82) is 0 Å². The van der Waals surface area contributed by atoms with Gasteiger partial charge in [-0.2, -0.15) is 0 Å². The maximum Gasteiger partial charge on any atom is 0.270 e. The Balaban J connectivity index is 3.33. The lowest BCUT2D eigenvalue weighted by molar-refractivity contribution is -0.120. The molecule has 0 aliphatic heterocycles. The number of carbonyl (C=O) groups is 1. The van der Waals surface area contributed by atoms with Crippen molar-refractivity contribution in [2.24, 2.45) is 11.7 Å². The lowest BCUT2D eigenvalue weighted by atomic mass is 9.99. The SMILES string of the molecule is CCCCCCCCCCCCCCCCC(C=C(O)O)C(N)=O. The van der Waals surface area contributed by atoms with E-state index in [9.17, 15) is 4.79 Å². The average molecular weight is 342 g/mol. The van der Waals surface area contributed by atoms with Crippen LogP contribution < -0.4 is 5.73 Å². The molecule has 24 heavy (non-hydrogen) atoms. The summed E-state index contributed by atoms with van der Waals surface area (Å²) in [6, 6.07) is 0. The second kappa shape index (κ2) is 16.7. The molecule has 0 fully saturated rings. The molecule has 4 heteroatoms. The highest BCUT2D eigenvalue weighted by molar-refractivity contribution is 5.78. The lowest BCUT2D eigenvalue weighted by Crippen LogP contribution is -2.22. The number of hydrogen-bond acceptors (Lipinski definition) is 3. The molecule has 0 radical (unpaired) electrons. The zero-order valence-electron chi connectivity index (χ0n) is 15.6. The summed E-state index contributed by atoms with van der Waals surface area (Å²) in [5.41, 5.74) is 5.23. The van der Waals surface area contributed by atoms with Gasteiger partial charge in [0, 0.05) is 6.08 Å². The van der Waals surface area contributed by atoms with Crippen molar-refractivity contribution in [2.45, 2.75) is 103 Å². The lowest BCUT2D eigenvalue weighted by Gasteiger charge is -2.08. The molecule has 0 rings (SSSR count). The van der Waals surface area contributed by atoms with E-state index >= 15 is 0 Å². The molecule has 0 aliphatic rings. The summed E-state index contributed by atoms with van der Waals surface area (Å²) in [5, 5.41) is 17.6. The Kier molecular flexibility index (Phi) is 15.8. The summed E-state index contributed by atoms with van der Waals surface area (Å²) in [6.07, 6.45) is 19.8. The third-order valence-corrected chi connectivity index (χ3v) is 4.58. The van der Waals surface area contributed by atoms with E-state index in [1.165, 1.54) is 77.0 Å². The number of aliphatic hydroxyl groups is 2. The van der Waals surface area contributed by atoms with E-state index in [4.69, 9.17) is 15.9 Å². The smallest absolute Gasteiger partial charge is 0.270 e. The largest absolute Gasteiger partial charge is 0.481 e. The molecule has 0 bridgehead atoms. The molecule has 0 aromatic carbocycles. The van der Waals surface area contributed by atoms with Crippen molar-refractivity contribution in [3.8, 4) is 0 Å². The van der Waals surface area contributed by atoms with Gasteiger partial charge in [-0.25, -0.2) is 0 Å². The van der Waals surface area contributed by atoms with E-state index in [1.54, 1.807) is 0 Å². The first-order chi connectivity index (χ1) is 11.6. The van der Waals surface area contributed by atoms with Gasteiger partial charge >= 0.3 is 0 Å². The number of carbonyl (C=O) groups excluding carboxylic acids is 1. The van der Waals surface area contributed by atoms with Crippen LogP contribution in [0.2, 0.25) is 0 Å². The van der Waals surface area contributed by atoms with Crippen LogP contribution in [0, 0.1) is 5.92 Å². The van der Waals surface area contributed by atoms with Crippen molar-refractivity contribution < 1.29 is 15.0 Å². The maximum atomic E-state index is 11.2. The van der Waals surface area contributed by atoms with Crippen LogP contribution in [-0.2, 0) is 4.79 Å². The quantitative estimate of drug-likeness (QED) is 0.227. The minimum absolute atomic E-state index is 0.495. The van der Waals surface area contributed by atoms with Crippen LogP contribution in [0.3, 0.4) is 0 Å². The van der Waals surface area contributed by atoms with Crippen molar-refractivity contribution in [3.05, 3.63) is 12.0 Å². The second-order valence-electron chi connectivity index (χ2n) is 6.92. The van der Waals surface area contributed by atoms with Gasteiger partial charge in [0.15, 0.2) is 0 Å². The fourth-order valence-corrected chi connectivity index (χ4v) is 3.05. The Labute approximate surface area is 148 Å². The molecule has 1 atom stereocenters. The molecular formula is C20H39NO3. The van der Waals surface area contributed by atoms with Gasteiger partial charge in [-0.05, 0) is 6.42 Å². The minimum atomic E-state index is -0.816. The Hall–Kier alpha value is -1.19. The fourth-order valence-electron chi connectivity index (χ4n) is 3.05. The van der Waals surface area contributed by atoms with Crippen molar-refractivity contribution in [1.82, 2.24) is 0 Å². The molecule has 0 heterocycles. The topological polar surface area (TPSA) is 83.6 Å². The maximum absolute atomic E-state index is 11.2. The van der Waals surface area contributed by atoms with E-state index in [1.807, 2.05) is 0 Å². The molecule has 0 spiro atoms. The Morgan fingerprint density at radius 1 is 0.792 bits per heavy atom. The number of rotatable bonds is 17. The zero-order valence-corrected chi connectivity index (χ0v) is 15.6. The highest BCUT2D eigenvalue weighted by Crippen LogP contribution is 2.16. The normalized spacial score (nSPS) is 12.0. The predicted molar refractivity (Wildman–Crippen MR) is 101 cm³/mol. The molecule has 0 aromatic rings. The molecule has 1 unspecified atom stereocenters. The minimum Gasteiger partial charge on any atom is -0.481 e. The average Bonchev–Trinajstić information content (AvgIpc) is 2.53. The summed E-state index contributed by atoms with van der Waals surface area (Å²) in [7, 11) is 0. The Bertz CT molecular complexity index is 325. The summed E-state index contributed by atoms with van der Waals surface area (Å²) in [4.78, 5) is 11.2. The zero-order chi connectivity index (χ0) is 18.0. The molecule has 0 aromatic heterocycles. The van der Waals surface area contributed by atoms with E-state index in [-0.39, 0.29) is 0 Å². The molecule has 142 valence electrons. The number of primary amides is 1. The Morgan fingerprint density at radius 3 is 1.50 bits per heavy atom. The Morgan fingerprint density at radius 2 is 1.17 bits per heavy atom. The predicted octanol–water partition coefficient (Wildman–Crippen LogP) is 5.92. The number of nitrogens with two attached hydrogens (primary N) is 1. The molecule has 0 saturated heterocycles. The standard InChI is InChI=1S/C20H39NO3/c1-2-3-4-5-6-7-8-9-10-11-12-13-14-15-16-18(20(21)24)17-19(22)23/h17-18,22-23H,2-16H2,1H3,(H2,21,24). The van der Waals surface area contributed by atoms with Gasteiger partial charge < -0.3 is 15.9 Å². The number of aliphatic hydroxyl groups excluding tert-OH is 1. The van der Waals surface area contributed by atoms with E-state index in [0.29, 0.717) is 6.42 Å². The molecule has 0 saturated carbocycles. The highest BCUT2D eigenvalue weighted by atomic mass is 16.5. The molecular weight excluding hydrogens is 302 g/mol. The highest BCUT2D eigenvalue weighted by Gasteiger charge is 2.13. The van der Waals surface area contributed by atoms with Crippen LogP contribution in [0.25, 0.3) is 0 Å². The van der Waals surface area contributed by atoms with Gasteiger partial charge in [0.1, 0.15) is 0 Å². The summed E-state index contributed by atoms with van der Waals surface area (Å²) < 4.78 is 0. The van der Waals surface area contributed by atoms with E-state index < -0.39 is 17.8 Å². The number of unbranched alkanes of at least 4 members (excludes halogenated alkanes) is 13. The van der Waals surface area contributed by atoms with Crippen LogP contribution >= 0.6 is 0 Å². The van der Waals surface area contributed by atoms with Gasteiger partial charge in [0.05, 0.1) is 5.92 Å². The van der Waals surface area contributed by atoms with Crippen LogP contribution in [-0.4, -0.2) is 16.1 Å². The third kappa shape index (κ3) is 15.7. The van der Waals surface area contributed by atoms with Gasteiger partial charge in [-0.1, -0.05) is 96.8 Å². The van der Waals surface area contributed by atoms with Gasteiger partial charge in [-0.15, -0.1) is 0 Å². The number of amides is 1. The van der Waals surface area contributed by atoms with Crippen LogP contribution in [0.4, 0.5) is 0 Å². The van der Waals surface area contributed by atoms with Crippen molar-refractivity contribution in [3.63, 3.8) is 0 Å². The van der Waals surface area contributed by atoms with Gasteiger partial charge in [0.25, 0.3) is 5.95 Å². The van der Waals surface area contributed by atoms with Crippen LogP contribution in [0.5, 0.6) is 0 Å².